The van der Waals surface area contributed by atoms with Crippen LogP contribution in [0, 0.1) is 11.6 Å². The van der Waals surface area contributed by atoms with Gasteiger partial charge in [-0.25, -0.2) is 8.78 Å². The van der Waals surface area contributed by atoms with E-state index >= 15 is 0 Å². The Hall–Kier alpha value is -4.58. The zero-order valence-electron chi connectivity index (χ0n) is 27.6. The number of ether oxygens (including phenoxy) is 1. The first-order chi connectivity index (χ1) is 24.0. The monoisotopic (exact) mass is 704 g/mol. The third kappa shape index (κ3) is 10.2. The van der Waals surface area contributed by atoms with Crippen LogP contribution in [0.5, 0.6) is 5.75 Å². The zero-order valence-corrected chi connectivity index (χ0v) is 27.6. The molecule has 1 heterocycles. The van der Waals surface area contributed by atoms with E-state index in [-0.39, 0.29) is 47.7 Å². The van der Waals surface area contributed by atoms with Crippen LogP contribution in [0.3, 0.4) is 0 Å². The molecule has 8 nitrogen and oxygen atoms in total. The van der Waals surface area contributed by atoms with Crippen molar-refractivity contribution in [3.8, 4) is 28.0 Å². The Morgan fingerprint density at radius 3 is 2.04 bits per heavy atom. The van der Waals surface area contributed by atoms with Gasteiger partial charge in [0.15, 0.2) is 0 Å². The topological polar surface area (TPSA) is 121 Å². The predicted molar refractivity (Wildman–Crippen MR) is 196 cm³/mol. The number of anilines is 1. The minimum atomic E-state index is -1.29. The number of carbonyl (C=O) groups is 2. The Bertz CT molecular complexity index is 1960. The molecule has 1 aromatic heterocycles. The molecule has 0 saturated heterocycles. The Morgan fingerprint density at radius 2 is 1.45 bits per heavy atom. The van der Waals surface area contributed by atoms with Crippen molar-refractivity contribution in [2.24, 2.45) is 0 Å². The van der Waals surface area contributed by atoms with E-state index in [1.807, 2.05) is 44.2 Å². The number of amides is 1. The Morgan fingerprint density at radius 1 is 0.843 bits per heavy atom. The number of aliphatic hydroxyl groups excluding tert-OH is 2. The van der Waals surface area contributed by atoms with Crippen molar-refractivity contribution in [2.45, 2.75) is 51.5 Å². The molecule has 0 aliphatic carbocycles. The molecule has 4 N–H and O–H groups in total. The maximum atomic E-state index is 14.5. The van der Waals surface area contributed by atoms with E-state index < -0.39 is 42.1 Å². The van der Waals surface area contributed by atoms with Gasteiger partial charge < -0.3 is 29.9 Å². The standard InChI is InChI=1S/C40H38F2N2O6.Na.H/c1-25(2)44-35(20-19-32(45)22-33(46)23-36(47)48)37(27-11-15-29(41)16-12-27)38(28-13-17-30(42)18-14-28)39(44)40(49)43-31-9-6-10-34(21-31)50-24-26-7-4-3-5-8-26;;/h3-21,25,32-33,45-46H,22-24H2,1-2H3,(H,43,49)(H,47,48);;/t32-,33-;;/m1../s1. The molecule has 5 aromatic rings. The second kappa shape index (κ2) is 18.1. The fourth-order valence-electron chi connectivity index (χ4n) is 5.78. The van der Waals surface area contributed by atoms with Crippen molar-refractivity contribution in [1.82, 2.24) is 4.57 Å². The number of nitrogens with zero attached hydrogens (tertiary/aromatic N) is 1. The summed E-state index contributed by atoms with van der Waals surface area (Å²) >= 11 is 0. The summed E-state index contributed by atoms with van der Waals surface area (Å²) < 4.78 is 36.1. The van der Waals surface area contributed by atoms with Gasteiger partial charge in [-0.2, -0.15) is 0 Å². The van der Waals surface area contributed by atoms with Crippen molar-refractivity contribution in [3.05, 3.63) is 138 Å². The number of halogens is 2. The fourth-order valence-corrected chi connectivity index (χ4v) is 5.78. The molecule has 11 heteroatoms. The Kier molecular flexibility index (Phi) is 13.9. The molecule has 0 fully saturated rings. The number of aliphatic hydroxyl groups is 2. The van der Waals surface area contributed by atoms with Crippen molar-refractivity contribution in [2.75, 3.05) is 5.32 Å². The van der Waals surface area contributed by atoms with Gasteiger partial charge in [-0.1, -0.05) is 66.7 Å². The van der Waals surface area contributed by atoms with Gasteiger partial charge in [-0.3, -0.25) is 9.59 Å². The quantitative estimate of drug-likeness (QED) is 0.0891. The van der Waals surface area contributed by atoms with Crippen molar-refractivity contribution >= 4 is 53.2 Å². The summed E-state index contributed by atoms with van der Waals surface area (Å²) in [6, 6.07) is 27.7. The van der Waals surface area contributed by atoms with Gasteiger partial charge in [0.05, 0.1) is 18.6 Å². The van der Waals surface area contributed by atoms with Gasteiger partial charge in [0.25, 0.3) is 5.91 Å². The van der Waals surface area contributed by atoms with Crippen LogP contribution in [0.15, 0.2) is 109 Å². The summed E-state index contributed by atoms with van der Waals surface area (Å²) in [5, 5.41) is 32.9. The van der Waals surface area contributed by atoms with Crippen LogP contribution in [0.4, 0.5) is 14.5 Å². The molecular formula is C40H39F2N2NaO6. The second-order valence-corrected chi connectivity index (χ2v) is 12.1. The first-order valence-corrected chi connectivity index (χ1v) is 16.1. The van der Waals surface area contributed by atoms with E-state index in [2.05, 4.69) is 5.32 Å². The average Bonchev–Trinajstić information content (AvgIpc) is 3.43. The average molecular weight is 705 g/mol. The number of hydrogen-bond acceptors (Lipinski definition) is 5. The molecule has 51 heavy (non-hydrogen) atoms. The van der Waals surface area contributed by atoms with Gasteiger partial charge in [-0.05, 0) is 73.0 Å². The maximum absolute atomic E-state index is 14.5. The molecular weight excluding hydrogens is 665 g/mol. The first-order valence-electron chi connectivity index (χ1n) is 16.1. The third-order valence-corrected chi connectivity index (χ3v) is 7.98. The van der Waals surface area contributed by atoms with E-state index in [9.17, 15) is 28.6 Å². The van der Waals surface area contributed by atoms with Gasteiger partial charge >= 0.3 is 35.5 Å². The minimum absolute atomic E-state index is 0. The van der Waals surface area contributed by atoms with Crippen LogP contribution in [-0.2, 0) is 11.4 Å². The van der Waals surface area contributed by atoms with Crippen molar-refractivity contribution in [1.29, 1.82) is 0 Å². The number of nitrogens with one attached hydrogen (secondary N) is 1. The number of hydrogen-bond donors (Lipinski definition) is 4. The molecule has 0 unspecified atom stereocenters. The zero-order chi connectivity index (χ0) is 35.8. The van der Waals surface area contributed by atoms with E-state index in [4.69, 9.17) is 9.84 Å². The second-order valence-electron chi connectivity index (χ2n) is 12.1. The fraction of sp³-hybridized carbons (Fsp3) is 0.200. The molecule has 4 aromatic carbocycles. The van der Waals surface area contributed by atoms with Crippen LogP contribution < -0.4 is 10.1 Å². The summed E-state index contributed by atoms with van der Waals surface area (Å²) in [6.45, 7) is 4.09. The first kappa shape index (κ1) is 39.2. The number of carboxylic acid groups (broad SMARTS) is 1. The third-order valence-electron chi connectivity index (χ3n) is 7.98. The summed E-state index contributed by atoms with van der Waals surface area (Å²) in [4.78, 5) is 25.5. The molecule has 1 amide bonds. The number of benzene rings is 4. The number of carbonyl (C=O) groups excluding carboxylic acids is 1. The van der Waals surface area contributed by atoms with E-state index in [1.165, 1.54) is 30.3 Å². The van der Waals surface area contributed by atoms with Crippen LogP contribution in [0.2, 0.25) is 0 Å². The normalized spacial score (nSPS) is 12.4. The molecule has 5 rings (SSSR count). The van der Waals surface area contributed by atoms with Gasteiger partial charge in [0.1, 0.15) is 29.7 Å². The SMILES string of the molecule is CC(C)n1c(C=C[C@@H](O)C[C@@H](O)CC(=O)O)c(-c2ccc(F)cc2)c(-c2ccc(F)cc2)c1C(=O)Nc1cccc(OCc2ccccc2)c1.[NaH]. The van der Waals surface area contributed by atoms with Crippen molar-refractivity contribution in [3.63, 3.8) is 0 Å². The molecule has 0 radical (unpaired) electrons. The molecule has 0 aliphatic heterocycles. The number of carboxylic acids is 1. The van der Waals surface area contributed by atoms with E-state index in [0.29, 0.717) is 46.0 Å². The Balaban J connectivity index is 0.00000583. The molecule has 0 spiro atoms. The van der Waals surface area contributed by atoms with E-state index in [0.717, 1.165) is 5.56 Å². The number of rotatable bonds is 14. The van der Waals surface area contributed by atoms with E-state index in [1.54, 1.807) is 59.2 Å². The van der Waals surface area contributed by atoms with Crippen LogP contribution in [0.25, 0.3) is 28.3 Å². The van der Waals surface area contributed by atoms with Gasteiger partial charge in [0, 0.05) is 41.0 Å². The molecule has 0 bridgehead atoms. The summed E-state index contributed by atoms with van der Waals surface area (Å²) in [6.07, 6.45) is -0.284. The van der Waals surface area contributed by atoms with Crippen molar-refractivity contribution < 1.29 is 38.4 Å². The van der Waals surface area contributed by atoms with Crippen LogP contribution in [-0.4, -0.2) is 73.5 Å². The van der Waals surface area contributed by atoms with Gasteiger partial charge in [0.2, 0.25) is 0 Å². The number of aliphatic carboxylic acids is 1. The summed E-state index contributed by atoms with van der Waals surface area (Å²) in [7, 11) is 0. The summed E-state index contributed by atoms with van der Waals surface area (Å²) in [5.74, 6) is -2.08. The Labute approximate surface area is 317 Å². The van der Waals surface area contributed by atoms with Gasteiger partial charge in [-0.15, -0.1) is 0 Å². The van der Waals surface area contributed by atoms with Crippen LogP contribution in [0.1, 0.15) is 54.5 Å². The van der Waals surface area contributed by atoms with Crippen LogP contribution >= 0.6 is 0 Å². The predicted octanol–water partition coefficient (Wildman–Crippen LogP) is 7.46. The number of aromatic nitrogens is 1. The molecule has 260 valence electrons. The molecule has 0 aliphatic rings. The molecule has 2 atom stereocenters. The summed E-state index contributed by atoms with van der Waals surface area (Å²) in [5.41, 5.74) is 4.17. The molecule has 0 saturated carbocycles.